The zero-order chi connectivity index (χ0) is 10.6. The van der Waals surface area contributed by atoms with Crippen LogP contribution in [0.4, 0.5) is 0 Å². The third-order valence-electron chi connectivity index (χ3n) is 2.23. The summed E-state index contributed by atoms with van der Waals surface area (Å²) in [5.74, 6) is 0.155. The predicted molar refractivity (Wildman–Crippen MR) is 58.0 cm³/mol. The Labute approximate surface area is 85.1 Å². The lowest BCUT2D eigenvalue weighted by Gasteiger charge is -2.12. The molecule has 0 fully saturated rings. The van der Waals surface area contributed by atoms with E-state index in [9.17, 15) is 4.79 Å². The molecular weight excluding hydrogens is 174 g/mol. The van der Waals surface area contributed by atoms with Gasteiger partial charge in [0.2, 0.25) is 0 Å². The van der Waals surface area contributed by atoms with Crippen molar-refractivity contribution >= 4 is 5.78 Å². The summed E-state index contributed by atoms with van der Waals surface area (Å²) in [6.45, 7) is 3.76. The fraction of sp³-hybridized carbons (Fsp3) is 0.417. The third kappa shape index (κ3) is 2.96. The number of hydrogen-bond acceptors (Lipinski definition) is 2. The molecule has 0 heterocycles. The standard InChI is InChI=1S/C12H17NO/c1-9(2)12(14)11(13)8-10-6-4-3-5-7-10/h3-7,9,11H,8,13H2,1-2H3/t11-/m0/s1. The molecule has 2 nitrogen and oxygen atoms in total. The van der Waals surface area contributed by atoms with Gasteiger partial charge in [-0.2, -0.15) is 0 Å². The van der Waals surface area contributed by atoms with Crippen LogP contribution in [0.25, 0.3) is 0 Å². The quantitative estimate of drug-likeness (QED) is 0.788. The van der Waals surface area contributed by atoms with E-state index in [1.165, 1.54) is 0 Å². The van der Waals surface area contributed by atoms with Gasteiger partial charge >= 0.3 is 0 Å². The second-order valence-electron chi connectivity index (χ2n) is 3.85. The van der Waals surface area contributed by atoms with Gasteiger partial charge in [-0.3, -0.25) is 4.79 Å². The van der Waals surface area contributed by atoms with Gasteiger partial charge in [0.15, 0.2) is 5.78 Å². The summed E-state index contributed by atoms with van der Waals surface area (Å²) < 4.78 is 0. The molecular formula is C12H17NO. The topological polar surface area (TPSA) is 43.1 Å². The molecule has 0 aromatic heterocycles. The number of carbonyl (C=O) groups excluding carboxylic acids is 1. The third-order valence-corrected chi connectivity index (χ3v) is 2.23. The Balaban J connectivity index is 2.57. The maximum Gasteiger partial charge on any atom is 0.152 e. The van der Waals surface area contributed by atoms with Crippen LogP contribution in [0.1, 0.15) is 19.4 Å². The van der Waals surface area contributed by atoms with E-state index in [4.69, 9.17) is 5.73 Å². The van der Waals surface area contributed by atoms with Crippen LogP contribution in [0.5, 0.6) is 0 Å². The molecule has 0 radical (unpaired) electrons. The molecule has 0 unspecified atom stereocenters. The molecule has 14 heavy (non-hydrogen) atoms. The first kappa shape index (κ1) is 10.9. The Hall–Kier alpha value is -1.15. The number of hydrogen-bond donors (Lipinski definition) is 1. The molecule has 1 aromatic carbocycles. The Morgan fingerprint density at radius 1 is 1.29 bits per heavy atom. The lowest BCUT2D eigenvalue weighted by Crippen LogP contribution is -2.35. The van der Waals surface area contributed by atoms with Crippen molar-refractivity contribution < 1.29 is 4.79 Å². The lowest BCUT2D eigenvalue weighted by molar-refractivity contribution is -0.123. The van der Waals surface area contributed by atoms with Gasteiger partial charge in [-0.25, -0.2) is 0 Å². The summed E-state index contributed by atoms with van der Waals surface area (Å²) in [5.41, 5.74) is 6.92. The van der Waals surface area contributed by atoms with Crippen molar-refractivity contribution in [3.8, 4) is 0 Å². The normalized spacial score (nSPS) is 12.9. The monoisotopic (exact) mass is 191 g/mol. The van der Waals surface area contributed by atoms with Gasteiger partial charge in [-0.05, 0) is 12.0 Å². The van der Waals surface area contributed by atoms with Crippen LogP contribution in [0, 0.1) is 5.92 Å². The molecule has 2 heteroatoms. The molecule has 0 aliphatic rings. The van der Waals surface area contributed by atoms with E-state index in [0.717, 1.165) is 5.56 Å². The number of benzene rings is 1. The van der Waals surface area contributed by atoms with E-state index in [1.54, 1.807) is 0 Å². The van der Waals surface area contributed by atoms with Gasteiger partial charge in [-0.15, -0.1) is 0 Å². The van der Waals surface area contributed by atoms with E-state index < -0.39 is 0 Å². The highest BCUT2D eigenvalue weighted by Crippen LogP contribution is 2.06. The minimum atomic E-state index is -0.364. The fourth-order valence-corrected chi connectivity index (χ4v) is 1.40. The first-order valence-electron chi connectivity index (χ1n) is 4.94. The summed E-state index contributed by atoms with van der Waals surface area (Å²) in [4.78, 5) is 11.5. The average molecular weight is 191 g/mol. The summed E-state index contributed by atoms with van der Waals surface area (Å²) in [5, 5.41) is 0. The molecule has 2 N–H and O–H groups in total. The molecule has 1 atom stereocenters. The van der Waals surface area contributed by atoms with Crippen LogP contribution in [0.2, 0.25) is 0 Å². The molecule has 1 aromatic rings. The maximum atomic E-state index is 11.5. The maximum absolute atomic E-state index is 11.5. The first-order chi connectivity index (χ1) is 6.61. The van der Waals surface area contributed by atoms with E-state index in [1.807, 2.05) is 44.2 Å². The van der Waals surface area contributed by atoms with Crippen molar-refractivity contribution in [2.24, 2.45) is 11.7 Å². The van der Waals surface area contributed by atoms with Crippen molar-refractivity contribution in [1.29, 1.82) is 0 Å². The summed E-state index contributed by atoms with van der Waals surface area (Å²) in [6.07, 6.45) is 0.637. The molecule has 0 aliphatic heterocycles. The second-order valence-corrected chi connectivity index (χ2v) is 3.85. The molecule has 0 aliphatic carbocycles. The van der Waals surface area contributed by atoms with E-state index >= 15 is 0 Å². The SMILES string of the molecule is CC(C)C(=O)[C@@H](N)Cc1ccccc1. The van der Waals surface area contributed by atoms with Crippen molar-refractivity contribution in [2.45, 2.75) is 26.3 Å². The van der Waals surface area contributed by atoms with Gasteiger partial charge in [0.25, 0.3) is 0 Å². The molecule has 0 bridgehead atoms. The number of rotatable bonds is 4. The van der Waals surface area contributed by atoms with E-state index in [-0.39, 0.29) is 17.7 Å². The fourth-order valence-electron chi connectivity index (χ4n) is 1.40. The van der Waals surface area contributed by atoms with Crippen LogP contribution in [-0.4, -0.2) is 11.8 Å². The molecule has 0 saturated carbocycles. The average Bonchev–Trinajstić information content (AvgIpc) is 2.18. The smallest absolute Gasteiger partial charge is 0.152 e. The lowest BCUT2D eigenvalue weighted by atomic mass is 9.97. The van der Waals surface area contributed by atoms with Crippen molar-refractivity contribution in [2.75, 3.05) is 0 Å². The molecule has 76 valence electrons. The van der Waals surface area contributed by atoms with Gasteiger partial charge in [-0.1, -0.05) is 44.2 Å². The van der Waals surface area contributed by atoms with Crippen LogP contribution in [0.15, 0.2) is 30.3 Å². The molecule has 0 spiro atoms. The molecule has 0 amide bonds. The molecule has 0 saturated heterocycles. The van der Waals surface area contributed by atoms with Crippen LogP contribution >= 0.6 is 0 Å². The van der Waals surface area contributed by atoms with Crippen LogP contribution in [0.3, 0.4) is 0 Å². The summed E-state index contributed by atoms with van der Waals surface area (Å²) in [6, 6.07) is 9.50. The van der Waals surface area contributed by atoms with Gasteiger partial charge in [0.05, 0.1) is 6.04 Å². The van der Waals surface area contributed by atoms with Crippen LogP contribution < -0.4 is 5.73 Å². The largest absolute Gasteiger partial charge is 0.321 e. The number of ketones is 1. The van der Waals surface area contributed by atoms with E-state index in [0.29, 0.717) is 6.42 Å². The minimum Gasteiger partial charge on any atom is -0.321 e. The highest BCUT2D eigenvalue weighted by Gasteiger charge is 2.16. The van der Waals surface area contributed by atoms with Crippen molar-refractivity contribution in [3.05, 3.63) is 35.9 Å². The highest BCUT2D eigenvalue weighted by atomic mass is 16.1. The predicted octanol–water partition coefficient (Wildman–Crippen LogP) is 1.78. The zero-order valence-electron chi connectivity index (χ0n) is 8.73. The van der Waals surface area contributed by atoms with Crippen LogP contribution in [-0.2, 0) is 11.2 Å². The van der Waals surface area contributed by atoms with Gasteiger partial charge in [0, 0.05) is 5.92 Å². The number of Topliss-reactive ketones (excluding diaryl/α,β-unsaturated/α-hetero) is 1. The summed E-state index contributed by atoms with van der Waals surface area (Å²) in [7, 11) is 0. The number of nitrogens with two attached hydrogens (primary N) is 1. The van der Waals surface area contributed by atoms with Gasteiger partial charge in [0.1, 0.15) is 0 Å². The Morgan fingerprint density at radius 3 is 2.36 bits per heavy atom. The highest BCUT2D eigenvalue weighted by molar-refractivity contribution is 5.85. The molecule has 1 rings (SSSR count). The zero-order valence-corrected chi connectivity index (χ0v) is 8.73. The Kier molecular flexibility index (Phi) is 3.84. The Morgan fingerprint density at radius 2 is 1.86 bits per heavy atom. The van der Waals surface area contributed by atoms with Crippen molar-refractivity contribution in [1.82, 2.24) is 0 Å². The summed E-state index contributed by atoms with van der Waals surface area (Å²) >= 11 is 0. The van der Waals surface area contributed by atoms with Crippen molar-refractivity contribution in [3.63, 3.8) is 0 Å². The second kappa shape index (κ2) is 4.91. The van der Waals surface area contributed by atoms with Gasteiger partial charge < -0.3 is 5.73 Å². The minimum absolute atomic E-state index is 0.0220. The number of carbonyl (C=O) groups is 1. The Bertz CT molecular complexity index is 292. The van der Waals surface area contributed by atoms with E-state index in [2.05, 4.69) is 0 Å². The first-order valence-corrected chi connectivity index (χ1v) is 4.94.